The number of rotatable bonds is 7. The summed E-state index contributed by atoms with van der Waals surface area (Å²) in [5.74, 6) is 0.107. The lowest BCUT2D eigenvalue weighted by atomic mass is 10.0. The number of nitrogens with zero attached hydrogens (tertiary/aromatic N) is 2. The molecule has 8 nitrogen and oxygen atoms in total. The third kappa shape index (κ3) is 4.90. The highest BCUT2D eigenvalue weighted by Gasteiger charge is 2.26. The van der Waals surface area contributed by atoms with Gasteiger partial charge < -0.3 is 14.8 Å². The van der Waals surface area contributed by atoms with Crippen molar-refractivity contribution in [3.05, 3.63) is 29.3 Å². The Morgan fingerprint density at radius 1 is 1.12 bits per heavy atom. The molecule has 0 saturated heterocycles. The van der Waals surface area contributed by atoms with Crippen LogP contribution in [0.25, 0.3) is 0 Å². The summed E-state index contributed by atoms with van der Waals surface area (Å²) in [6.07, 6.45) is 0. The minimum atomic E-state index is -0.728. The number of amides is 2. The van der Waals surface area contributed by atoms with E-state index in [-0.39, 0.29) is 11.8 Å². The first-order chi connectivity index (χ1) is 11.9. The van der Waals surface area contributed by atoms with Gasteiger partial charge in [-0.1, -0.05) is 25.2 Å². The molecule has 0 spiro atoms. The quantitative estimate of drug-likeness (QED) is 0.778. The second kappa shape index (κ2) is 8.43. The van der Waals surface area contributed by atoms with Gasteiger partial charge in [0.05, 0.1) is 14.2 Å². The van der Waals surface area contributed by atoms with Crippen LogP contribution in [-0.2, 0) is 4.79 Å². The molecule has 0 saturated carbocycles. The monoisotopic (exact) mass is 364 g/mol. The molecule has 0 aliphatic carbocycles. The molecule has 0 fully saturated rings. The van der Waals surface area contributed by atoms with Gasteiger partial charge in [-0.05, 0) is 18.1 Å². The van der Waals surface area contributed by atoms with Crippen LogP contribution in [0.2, 0.25) is 0 Å². The average molecular weight is 364 g/mol. The molecule has 25 heavy (non-hydrogen) atoms. The van der Waals surface area contributed by atoms with Crippen molar-refractivity contribution in [1.29, 1.82) is 0 Å². The van der Waals surface area contributed by atoms with Gasteiger partial charge in [0.1, 0.15) is 23.1 Å². The second-order valence-corrected chi connectivity index (χ2v) is 6.36. The third-order valence-corrected chi connectivity index (χ3v) is 4.05. The Morgan fingerprint density at radius 2 is 1.76 bits per heavy atom. The first-order valence-corrected chi connectivity index (χ1v) is 8.43. The summed E-state index contributed by atoms with van der Waals surface area (Å²) in [5, 5.41) is 13.2. The van der Waals surface area contributed by atoms with Crippen LogP contribution in [0.1, 0.15) is 24.2 Å². The van der Waals surface area contributed by atoms with E-state index >= 15 is 0 Å². The van der Waals surface area contributed by atoms with Gasteiger partial charge in [0.2, 0.25) is 11.0 Å². The highest BCUT2D eigenvalue weighted by Crippen LogP contribution is 2.22. The lowest BCUT2D eigenvalue weighted by Crippen LogP contribution is -2.47. The summed E-state index contributed by atoms with van der Waals surface area (Å²) >= 11 is 1.21. The molecule has 2 N–H and O–H groups in total. The first-order valence-electron chi connectivity index (χ1n) is 7.55. The number of nitrogens with one attached hydrogen (secondary N) is 2. The summed E-state index contributed by atoms with van der Waals surface area (Å²) in [4.78, 5) is 25.0. The normalized spacial score (nSPS) is 11.7. The fourth-order valence-electron chi connectivity index (χ4n) is 2.11. The van der Waals surface area contributed by atoms with E-state index in [1.54, 1.807) is 18.2 Å². The Morgan fingerprint density at radius 3 is 2.24 bits per heavy atom. The van der Waals surface area contributed by atoms with Gasteiger partial charge in [-0.25, -0.2) is 0 Å². The molecule has 1 aromatic heterocycles. The second-order valence-electron chi connectivity index (χ2n) is 5.53. The zero-order chi connectivity index (χ0) is 18.4. The van der Waals surface area contributed by atoms with Crippen LogP contribution >= 0.6 is 11.3 Å². The van der Waals surface area contributed by atoms with Crippen molar-refractivity contribution in [2.24, 2.45) is 5.92 Å². The summed E-state index contributed by atoms with van der Waals surface area (Å²) in [6.45, 7) is 3.69. The largest absolute Gasteiger partial charge is 0.497 e. The lowest BCUT2D eigenvalue weighted by Gasteiger charge is -2.21. The Bertz CT molecular complexity index is 711. The van der Waals surface area contributed by atoms with E-state index in [1.165, 1.54) is 31.1 Å². The first kappa shape index (κ1) is 18.7. The topological polar surface area (TPSA) is 102 Å². The van der Waals surface area contributed by atoms with E-state index in [1.807, 2.05) is 13.8 Å². The Labute approximate surface area is 149 Å². The predicted molar refractivity (Wildman–Crippen MR) is 94.2 cm³/mol. The van der Waals surface area contributed by atoms with Crippen molar-refractivity contribution >= 4 is 28.3 Å². The number of ether oxygens (including phenoxy) is 2. The van der Waals surface area contributed by atoms with E-state index in [0.717, 1.165) is 0 Å². The van der Waals surface area contributed by atoms with Crippen LogP contribution in [0.15, 0.2) is 23.7 Å². The average Bonchev–Trinajstić information content (AvgIpc) is 3.11. The lowest BCUT2D eigenvalue weighted by molar-refractivity contribution is -0.118. The number of benzene rings is 1. The molecule has 134 valence electrons. The zero-order valence-corrected chi connectivity index (χ0v) is 15.2. The number of aromatic nitrogens is 2. The van der Waals surface area contributed by atoms with Crippen molar-refractivity contribution in [3.8, 4) is 11.5 Å². The number of hydrogen-bond acceptors (Lipinski definition) is 7. The van der Waals surface area contributed by atoms with Gasteiger partial charge in [0.15, 0.2) is 0 Å². The molecule has 2 aromatic rings. The van der Waals surface area contributed by atoms with E-state index in [4.69, 9.17) is 9.47 Å². The summed E-state index contributed by atoms with van der Waals surface area (Å²) < 4.78 is 10.3. The highest BCUT2D eigenvalue weighted by atomic mass is 32.1. The summed E-state index contributed by atoms with van der Waals surface area (Å²) in [5.41, 5.74) is 1.85. The van der Waals surface area contributed by atoms with Crippen LogP contribution in [0, 0.1) is 5.92 Å². The van der Waals surface area contributed by atoms with Crippen LogP contribution < -0.4 is 20.1 Å². The minimum absolute atomic E-state index is 0.121. The molecular formula is C16H20N4O4S. The fraction of sp³-hybridized carbons (Fsp3) is 0.375. The summed E-state index contributed by atoms with van der Waals surface area (Å²) in [6, 6.07) is 4.10. The number of carbonyl (C=O) groups excluding carboxylic acids is 2. The van der Waals surface area contributed by atoms with Crippen molar-refractivity contribution in [2.75, 3.05) is 19.5 Å². The maximum atomic E-state index is 12.6. The van der Waals surface area contributed by atoms with Gasteiger partial charge in [-0.15, -0.1) is 10.2 Å². The standard InChI is InChI=1S/C16H20N4O4S/c1-9(2)13(15(22)19-16-20-17-8-25-16)18-14(21)10-5-11(23-3)7-12(6-10)24-4/h5-9,13H,1-4H3,(H,18,21)(H,19,20,22). The van der Waals surface area contributed by atoms with Gasteiger partial charge in [0.25, 0.3) is 5.91 Å². The molecule has 1 atom stereocenters. The SMILES string of the molecule is COc1cc(OC)cc(C(=O)NC(C(=O)Nc2nncs2)C(C)C)c1. The number of hydrogen-bond donors (Lipinski definition) is 2. The fourth-order valence-corrected chi connectivity index (χ4v) is 2.56. The van der Waals surface area contributed by atoms with Crippen molar-refractivity contribution in [2.45, 2.75) is 19.9 Å². The predicted octanol–water partition coefficient (Wildman–Crippen LogP) is 1.95. The molecule has 2 rings (SSSR count). The highest BCUT2D eigenvalue weighted by molar-refractivity contribution is 7.13. The molecular weight excluding hydrogens is 344 g/mol. The van der Waals surface area contributed by atoms with Crippen LogP contribution in [0.5, 0.6) is 11.5 Å². The zero-order valence-electron chi connectivity index (χ0n) is 14.4. The van der Waals surface area contributed by atoms with E-state index in [2.05, 4.69) is 20.8 Å². The maximum Gasteiger partial charge on any atom is 0.252 e. The van der Waals surface area contributed by atoms with Gasteiger partial charge >= 0.3 is 0 Å². The van der Waals surface area contributed by atoms with Crippen molar-refractivity contribution in [3.63, 3.8) is 0 Å². The van der Waals surface area contributed by atoms with Crippen LogP contribution in [0.4, 0.5) is 5.13 Å². The number of methoxy groups -OCH3 is 2. The molecule has 0 aliphatic heterocycles. The van der Waals surface area contributed by atoms with E-state index in [9.17, 15) is 9.59 Å². The Hall–Kier alpha value is -2.68. The van der Waals surface area contributed by atoms with Gasteiger partial charge in [-0.2, -0.15) is 0 Å². The molecule has 1 heterocycles. The molecule has 0 radical (unpaired) electrons. The minimum Gasteiger partial charge on any atom is -0.497 e. The smallest absolute Gasteiger partial charge is 0.252 e. The molecule has 0 bridgehead atoms. The van der Waals surface area contributed by atoms with E-state index < -0.39 is 11.9 Å². The third-order valence-electron chi connectivity index (χ3n) is 3.44. The summed E-state index contributed by atoms with van der Waals surface area (Å²) in [7, 11) is 3.01. The van der Waals surface area contributed by atoms with Gasteiger partial charge in [0, 0.05) is 11.6 Å². The number of anilines is 1. The van der Waals surface area contributed by atoms with E-state index in [0.29, 0.717) is 22.2 Å². The van der Waals surface area contributed by atoms with Crippen LogP contribution in [-0.4, -0.2) is 42.3 Å². The Balaban J connectivity index is 2.16. The molecule has 1 aromatic carbocycles. The Kier molecular flexibility index (Phi) is 6.29. The molecule has 9 heteroatoms. The molecule has 0 aliphatic rings. The van der Waals surface area contributed by atoms with Crippen LogP contribution in [0.3, 0.4) is 0 Å². The number of carbonyl (C=O) groups is 2. The maximum absolute atomic E-state index is 12.6. The molecule has 2 amide bonds. The van der Waals surface area contributed by atoms with Gasteiger partial charge in [-0.3, -0.25) is 14.9 Å². The van der Waals surface area contributed by atoms with Crippen molar-refractivity contribution in [1.82, 2.24) is 15.5 Å². The van der Waals surface area contributed by atoms with Crippen molar-refractivity contribution < 1.29 is 19.1 Å². The molecule has 1 unspecified atom stereocenters.